The summed E-state index contributed by atoms with van der Waals surface area (Å²) in [5.41, 5.74) is 29.3. The van der Waals surface area contributed by atoms with Crippen molar-refractivity contribution in [3.63, 3.8) is 0 Å². The Bertz CT molecular complexity index is 4170. The zero-order valence-corrected chi connectivity index (χ0v) is 75.3. The van der Waals surface area contributed by atoms with Crippen LogP contribution in [-0.4, -0.2) is 348 Å². The van der Waals surface area contributed by atoms with Crippen LogP contribution in [0.25, 0.3) is 0 Å². The second kappa shape index (κ2) is 62.8. The third kappa shape index (κ3) is 45.1. The molecule has 15 atom stereocenters. The summed E-state index contributed by atoms with van der Waals surface area (Å²) >= 11 is 0. The Hall–Kier alpha value is -13.4. The average Bonchev–Trinajstić information content (AvgIpc) is 1.65. The fraction of sp³-hybridized carbons (Fsp3) is 0.637. The minimum atomic E-state index is -1.83. The molecule has 0 unspecified atom stereocenters. The number of carboxylic acid groups (broad SMARTS) is 2. The third-order valence-corrected chi connectivity index (χ3v) is 20.5. The number of likely N-dealkylation sites (tertiary alicyclic amines) is 1. The molecule has 750 valence electrons. The first-order chi connectivity index (χ1) is 63.3. The Balaban J connectivity index is 1.94. The number of carboxylic acids is 2. The molecule has 54 heteroatoms. The Morgan fingerprint density at radius 2 is 0.813 bits per heavy atom. The lowest BCUT2D eigenvalue weighted by Gasteiger charge is -2.32. The highest BCUT2D eigenvalue weighted by Crippen LogP contribution is 2.22. The zero-order chi connectivity index (χ0) is 101. The fourth-order valence-electron chi connectivity index (χ4n) is 12.7. The molecule has 0 radical (unpaired) electrons. The van der Waals surface area contributed by atoms with Crippen molar-refractivity contribution in [3.05, 3.63) is 35.9 Å². The van der Waals surface area contributed by atoms with Gasteiger partial charge in [0.1, 0.15) is 72.5 Å². The van der Waals surface area contributed by atoms with E-state index in [1.54, 1.807) is 44.2 Å². The molecule has 1 aliphatic heterocycles. The summed E-state index contributed by atoms with van der Waals surface area (Å²) in [6.45, 7) is -1.18. The molecule has 0 saturated carbocycles. The smallest absolute Gasteiger partial charge is 0.326 e. The van der Waals surface area contributed by atoms with Crippen molar-refractivity contribution in [2.75, 3.05) is 91.8 Å². The molecule has 2 rings (SSSR count). The van der Waals surface area contributed by atoms with Gasteiger partial charge in [-0.1, -0.05) is 64.4 Å². The average molecular weight is 1910 g/mol. The van der Waals surface area contributed by atoms with Crippen molar-refractivity contribution in [3.8, 4) is 0 Å². The predicted octanol–water partition coefficient (Wildman–Crippen LogP) is -14.5. The summed E-state index contributed by atoms with van der Waals surface area (Å²) in [4.78, 5) is 289. The number of carbonyl (C=O) groups is 22. The molecule has 1 saturated heterocycles. The standard InChI is InChI=1S/C80H132N26O28/c1-6-42(4)65(104-72(126)47(19-11-13-27-82)98-70(124)46(18-10-12-26-81)97-67(121)45(83)30-44-16-8-7-9-17-44)76(130)102-52(39-108)69(123)94-35-60(116)89-31-56(112)88-32-57(113)91-36-61(117)95-51(38-107)68(122)93-34-59(115)90-33-58(114)92-37-62(118)96-53(40-109)73(127)99-48(20-14-28-87-80(85)86)71(125)103-64(41(2)3)75(129)100-49(22-24-55(84)111)78(132)106-29-15-21-54(106)74(128)105-66(43(5)110)77(131)101-50(79(133)134)23-25-63(119)120/h7-9,16-17,41-43,45-54,64-66,107-110H,6,10-15,18-40,81-83H2,1-5H3,(H2,84,111)(H,88,112)(H,89,116)(H,90,115)(H,91,113)(H,92,114)(H,93,122)(H,94,123)(H,95,117)(H,96,118)(H,97,121)(H,98,124)(H,99,127)(H,100,129)(H,101,131)(H,102,130)(H,103,125)(H,104,126)(H,105,128)(H,119,120)(H,133,134)(H4,85,86,87)/t42-,43+,45-,46-,47-,48-,49-,50-,51-,52-,53-,54-,64-,65-,66-/m0/s1. The molecule has 0 aromatic heterocycles. The molecule has 20 amide bonds. The van der Waals surface area contributed by atoms with Gasteiger partial charge >= 0.3 is 11.9 Å². The van der Waals surface area contributed by atoms with Gasteiger partial charge < -0.3 is 165 Å². The maximum absolute atomic E-state index is 14.3. The summed E-state index contributed by atoms with van der Waals surface area (Å²) in [5, 5.41) is 111. The molecule has 0 aliphatic carbocycles. The summed E-state index contributed by atoms with van der Waals surface area (Å²) in [5.74, 6) is -24.6. The van der Waals surface area contributed by atoms with Crippen LogP contribution in [0.1, 0.15) is 136 Å². The topological polar surface area (TPSA) is 883 Å². The van der Waals surface area contributed by atoms with E-state index in [0.29, 0.717) is 38.6 Å². The molecule has 1 fully saturated rings. The molecule has 1 heterocycles. The SMILES string of the molecule is CC[C@H](C)[C@H](NC(=O)[C@H](CCCCN)NC(=O)[C@H](CCCCN)NC(=O)[C@@H](N)Cc1ccccc1)C(=O)N[C@@H](CO)C(=O)NCC(=O)NCC(=O)NCC(=O)NCC(=O)N[C@@H](CO)C(=O)NCC(=O)NCC(=O)NCC(=O)N[C@@H](CO)C(=O)N[C@@H](CCCNC(=N)N)C(=O)N[C@H](C(=O)N[C@@H](CCC(N)=O)C(=O)N1CCC[C@H]1C(=O)N[C@H](C(=O)N[C@@H](CCC(=O)O)C(=O)O)[C@@H](C)O)C(C)C. The van der Waals surface area contributed by atoms with Gasteiger partial charge in [0.2, 0.25) is 118 Å². The number of nitrogens with zero attached hydrogens (tertiary/aromatic N) is 1. The fourth-order valence-corrected chi connectivity index (χ4v) is 12.7. The molecule has 0 bridgehead atoms. The van der Waals surface area contributed by atoms with Gasteiger partial charge in [0.25, 0.3) is 0 Å². The van der Waals surface area contributed by atoms with Crippen LogP contribution in [0.5, 0.6) is 0 Å². The van der Waals surface area contributed by atoms with Crippen molar-refractivity contribution in [2.45, 2.75) is 222 Å². The number of hydrogen-bond acceptors (Lipinski definition) is 30. The summed E-state index contributed by atoms with van der Waals surface area (Å²) in [6, 6.07) is -10.8. The van der Waals surface area contributed by atoms with Crippen LogP contribution < -0.4 is 130 Å². The largest absolute Gasteiger partial charge is 0.481 e. The summed E-state index contributed by atoms with van der Waals surface area (Å²) in [6.07, 6.45) is -1.54. The van der Waals surface area contributed by atoms with Crippen LogP contribution >= 0.6 is 0 Å². The zero-order valence-electron chi connectivity index (χ0n) is 75.3. The number of aliphatic hydroxyl groups excluding tert-OH is 4. The number of primary amides is 1. The van der Waals surface area contributed by atoms with Crippen molar-refractivity contribution in [1.29, 1.82) is 5.41 Å². The lowest BCUT2D eigenvalue weighted by atomic mass is 9.97. The lowest BCUT2D eigenvalue weighted by molar-refractivity contribution is -0.145. The van der Waals surface area contributed by atoms with Gasteiger partial charge in [0, 0.05) is 25.9 Å². The predicted molar refractivity (Wildman–Crippen MR) is 470 cm³/mol. The Morgan fingerprint density at radius 1 is 0.425 bits per heavy atom. The van der Waals surface area contributed by atoms with Gasteiger partial charge in [-0.15, -0.1) is 0 Å². The van der Waals surface area contributed by atoms with Gasteiger partial charge in [-0.2, -0.15) is 0 Å². The third-order valence-electron chi connectivity index (χ3n) is 20.5. The van der Waals surface area contributed by atoms with E-state index in [2.05, 4.69) is 101 Å². The summed E-state index contributed by atoms with van der Waals surface area (Å²) in [7, 11) is 0. The molecule has 0 spiro atoms. The molecule has 1 aromatic rings. The van der Waals surface area contributed by atoms with Crippen LogP contribution in [0.2, 0.25) is 0 Å². The number of unbranched alkanes of at least 4 members (excludes halogenated alkanes) is 2. The Kier molecular flexibility index (Phi) is 54.7. The van der Waals surface area contributed by atoms with E-state index in [4.69, 9.17) is 39.2 Å². The quantitative estimate of drug-likeness (QED) is 0.0164. The summed E-state index contributed by atoms with van der Waals surface area (Å²) < 4.78 is 0. The molecular weight excluding hydrogens is 1770 g/mol. The van der Waals surface area contributed by atoms with Crippen LogP contribution in [0.3, 0.4) is 0 Å². The van der Waals surface area contributed by atoms with Crippen molar-refractivity contribution in [1.82, 2.24) is 106 Å². The first-order valence-corrected chi connectivity index (χ1v) is 43.4. The van der Waals surface area contributed by atoms with E-state index in [1.807, 2.05) is 0 Å². The molecule has 134 heavy (non-hydrogen) atoms. The van der Waals surface area contributed by atoms with Gasteiger partial charge in [-0.25, -0.2) is 4.79 Å². The number of nitrogens with two attached hydrogens (primary N) is 5. The van der Waals surface area contributed by atoms with E-state index in [1.165, 1.54) is 13.8 Å². The van der Waals surface area contributed by atoms with Crippen LogP contribution in [0.15, 0.2) is 30.3 Å². The highest BCUT2D eigenvalue weighted by atomic mass is 16.4. The van der Waals surface area contributed by atoms with E-state index >= 15 is 0 Å². The number of amides is 20. The van der Waals surface area contributed by atoms with Gasteiger partial charge in [0.15, 0.2) is 5.96 Å². The first-order valence-electron chi connectivity index (χ1n) is 43.4. The molecule has 36 N–H and O–H groups in total. The number of aliphatic carboxylic acids is 2. The van der Waals surface area contributed by atoms with Crippen LogP contribution in [0, 0.1) is 17.2 Å². The molecule has 1 aliphatic rings. The molecule has 54 nitrogen and oxygen atoms in total. The van der Waals surface area contributed by atoms with Gasteiger partial charge in [-0.3, -0.25) is 106 Å². The Labute approximate surface area is 770 Å². The highest BCUT2D eigenvalue weighted by molar-refractivity contribution is 6.01. The first kappa shape index (κ1) is 117. The Morgan fingerprint density at radius 3 is 1.25 bits per heavy atom. The van der Waals surface area contributed by atoms with Crippen molar-refractivity contribution < 1.29 is 136 Å². The van der Waals surface area contributed by atoms with Crippen LogP contribution in [-0.2, 0) is 112 Å². The minimum Gasteiger partial charge on any atom is -0.481 e. The maximum atomic E-state index is 14.3. The number of rotatable bonds is 65. The van der Waals surface area contributed by atoms with E-state index in [0.717, 1.165) is 17.4 Å². The number of benzene rings is 1. The van der Waals surface area contributed by atoms with E-state index < -0.39 is 324 Å². The maximum Gasteiger partial charge on any atom is 0.326 e. The van der Waals surface area contributed by atoms with E-state index in [9.17, 15) is 131 Å². The van der Waals surface area contributed by atoms with E-state index in [-0.39, 0.29) is 64.6 Å². The molecular formula is C80H132N26O28. The lowest BCUT2D eigenvalue weighted by Crippen LogP contribution is -2.61. The van der Waals surface area contributed by atoms with Gasteiger partial charge in [0.05, 0.1) is 77.8 Å². The normalized spacial score (nSPS) is 15.2. The number of carbonyl (C=O) groups excluding carboxylic acids is 20. The van der Waals surface area contributed by atoms with Gasteiger partial charge in [-0.05, 0) is 121 Å². The van der Waals surface area contributed by atoms with Crippen molar-refractivity contribution >= 4 is 136 Å². The minimum absolute atomic E-state index is 0.00932. The second-order valence-corrected chi connectivity index (χ2v) is 31.6. The number of nitrogens with one attached hydrogen (secondary N) is 20. The second-order valence-electron chi connectivity index (χ2n) is 31.6. The number of hydrogen-bond donors (Lipinski definition) is 31. The monoisotopic (exact) mass is 1900 g/mol. The number of aliphatic hydroxyl groups is 4. The molecule has 1 aromatic carbocycles. The highest BCUT2D eigenvalue weighted by Gasteiger charge is 2.43. The van der Waals surface area contributed by atoms with Crippen LogP contribution in [0.4, 0.5) is 0 Å². The number of guanidine groups is 1. The van der Waals surface area contributed by atoms with Crippen molar-refractivity contribution in [2.24, 2.45) is 40.5 Å².